The Morgan fingerprint density at radius 1 is 1.53 bits per heavy atom. The Labute approximate surface area is 92.0 Å². The first kappa shape index (κ1) is 12.2. The Kier molecular flexibility index (Phi) is 4.76. The zero-order valence-electron chi connectivity index (χ0n) is 9.89. The lowest BCUT2D eigenvalue weighted by atomic mass is 10.0. The van der Waals surface area contributed by atoms with Gasteiger partial charge in [-0.2, -0.15) is 0 Å². The van der Waals surface area contributed by atoms with Crippen LogP contribution in [-0.4, -0.2) is 25.0 Å². The van der Waals surface area contributed by atoms with Crippen LogP contribution in [0.4, 0.5) is 4.39 Å². The predicted octanol–water partition coefficient (Wildman–Crippen LogP) is 3.46. The molecule has 0 spiro atoms. The van der Waals surface area contributed by atoms with Gasteiger partial charge in [-0.05, 0) is 44.0 Å². The fourth-order valence-corrected chi connectivity index (χ4v) is 1.57. The van der Waals surface area contributed by atoms with Crippen molar-refractivity contribution in [1.82, 2.24) is 4.90 Å². The summed E-state index contributed by atoms with van der Waals surface area (Å²) in [5.74, 6) is -0.0529. The Bertz CT molecular complexity index is 300. The van der Waals surface area contributed by atoms with E-state index in [-0.39, 0.29) is 5.83 Å². The highest BCUT2D eigenvalue weighted by Crippen LogP contribution is 2.18. The third-order valence-corrected chi connectivity index (χ3v) is 2.77. The lowest BCUT2D eigenvalue weighted by Crippen LogP contribution is -2.24. The first-order valence-corrected chi connectivity index (χ1v) is 5.54. The number of nitrogens with zero attached hydrogens (tertiary/aromatic N) is 1. The molecule has 2 heteroatoms. The molecule has 0 aliphatic carbocycles. The molecular formula is C13H20FN. The monoisotopic (exact) mass is 209 g/mol. The number of hydrogen-bond donors (Lipinski definition) is 0. The fraction of sp³-hybridized carbons (Fsp3) is 0.538. The normalized spacial score (nSPS) is 20.4. The molecule has 0 saturated heterocycles. The lowest BCUT2D eigenvalue weighted by Gasteiger charge is -2.22. The Morgan fingerprint density at radius 2 is 2.27 bits per heavy atom. The molecular weight excluding hydrogens is 189 g/mol. The van der Waals surface area contributed by atoms with Crippen LogP contribution in [0.15, 0.2) is 35.2 Å². The summed E-state index contributed by atoms with van der Waals surface area (Å²) in [7, 11) is 2.11. The molecule has 1 aliphatic heterocycles. The number of rotatable bonds is 3. The van der Waals surface area contributed by atoms with E-state index in [1.165, 1.54) is 11.1 Å². The van der Waals surface area contributed by atoms with E-state index in [4.69, 9.17) is 0 Å². The zero-order valence-corrected chi connectivity index (χ0v) is 9.89. The number of halogens is 1. The summed E-state index contributed by atoms with van der Waals surface area (Å²) in [6.07, 6.45) is 7.24. The van der Waals surface area contributed by atoms with Gasteiger partial charge in [0.2, 0.25) is 0 Å². The molecule has 1 nitrogen and oxygen atoms in total. The average Bonchev–Trinajstić information content (AvgIpc) is 2.26. The van der Waals surface area contributed by atoms with E-state index in [0.29, 0.717) is 6.42 Å². The molecule has 1 rings (SSSR count). The van der Waals surface area contributed by atoms with Crippen molar-refractivity contribution in [2.45, 2.75) is 26.7 Å². The van der Waals surface area contributed by atoms with E-state index in [0.717, 1.165) is 19.5 Å². The van der Waals surface area contributed by atoms with Gasteiger partial charge in [0.1, 0.15) is 0 Å². The van der Waals surface area contributed by atoms with Gasteiger partial charge in [-0.1, -0.05) is 19.1 Å². The minimum Gasteiger partial charge on any atom is -0.302 e. The van der Waals surface area contributed by atoms with Gasteiger partial charge in [0.25, 0.3) is 0 Å². The van der Waals surface area contributed by atoms with Crippen LogP contribution in [0, 0.1) is 0 Å². The molecule has 0 unspecified atom stereocenters. The summed E-state index contributed by atoms with van der Waals surface area (Å²) in [6.45, 7) is 5.97. The van der Waals surface area contributed by atoms with E-state index >= 15 is 0 Å². The molecule has 0 bridgehead atoms. The number of likely N-dealkylation sites (N-methyl/N-ethyl adjacent to an activating group) is 1. The van der Waals surface area contributed by atoms with Crippen molar-refractivity contribution in [1.29, 1.82) is 0 Å². The van der Waals surface area contributed by atoms with Gasteiger partial charge in [0.05, 0.1) is 5.83 Å². The van der Waals surface area contributed by atoms with Gasteiger partial charge < -0.3 is 4.90 Å². The van der Waals surface area contributed by atoms with Gasteiger partial charge >= 0.3 is 0 Å². The van der Waals surface area contributed by atoms with Crippen molar-refractivity contribution >= 4 is 0 Å². The second kappa shape index (κ2) is 5.86. The number of allylic oxidation sites excluding steroid dienone is 4. The summed E-state index contributed by atoms with van der Waals surface area (Å²) in [5, 5.41) is 0. The van der Waals surface area contributed by atoms with Gasteiger partial charge in [0, 0.05) is 13.1 Å². The molecule has 0 saturated carbocycles. The van der Waals surface area contributed by atoms with Crippen LogP contribution in [-0.2, 0) is 0 Å². The topological polar surface area (TPSA) is 3.24 Å². The van der Waals surface area contributed by atoms with Crippen LogP contribution >= 0.6 is 0 Å². The molecule has 0 aromatic heterocycles. The number of hydrogen-bond acceptors (Lipinski definition) is 1. The van der Waals surface area contributed by atoms with E-state index < -0.39 is 0 Å². The quantitative estimate of drug-likeness (QED) is 0.643. The molecule has 1 aliphatic rings. The van der Waals surface area contributed by atoms with Crippen molar-refractivity contribution < 1.29 is 4.39 Å². The first-order valence-electron chi connectivity index (χ1n) is 5.54. The molecule has 0 fully saturated rings. The van der Waals surface area contributed by atoms with Crippen molar-refractivity contribution in [2.24, 2.45) is 0 Å². The summed E-state index contributed by atoms with van der Waals surface area (Å²) in [6, 6.07) is 0. The smallest absolute Gasteiger partial charge is 0.0996 e. The van der Waals surface area contributed by atoms with Crippen LogP contribution < -0.4 is 0 Å². The van der Waals surface area contributed by atoms with Crippen LogP contribution in [0.3, 0.4) is 0 Å². The highest BCUT2D eigenvalue weighted by atomic mass is 19.1. The standard InChI is InChI=1S/C13H20FN/c1-4-13(14)6-5-11(2)12-7-9-15(3)10-8-12/h5-7H,4,8-10H2,1-3H3/b11-5+,13-6+. The summed E-state index contributed by atoms with van der Waals surface area (Å²) in [4.78, 5) is 2.28. The van der Waals surface area contributed by atoms with Crippen molar-refractivity contribution in [3.63, 3.8) is 0 Å². The molecule has 0 atom stereocenters. The van der Waals surface area contributed by atoms with E-state index in [2.05, 4.69) is 24.9 Å². The van der Waals surface area contributed by atoms with Crippen molar-refractivity contribution in [3.05, 3.63) is 35.2 Å². The summed E-state index contributed by atoms with van der Waals surface area (Å²) < 4.78 is 12.9. The van der Waals surface area contributed by atoms with Crippen LogP contribution in [0.25, 0.3) is 0 Å². The maximum absolute atomic E-state index is 12.9. The molecule has 15 heavy (non-hydrogen) atoms. The summed E-state index contributed by atoms with van der Waals surface area (Å²) in [5.41, 5.74) is 2.54. The highest BCUT2D eigenvalue weighted by molar-refractivity contribution is 5.33. The minimum absolute atomic E-state index is 0.0529. The van der Waals surface area contributed by atoms with Crippen LogP contribution in [0.1, 0.15) is 26.7 Å². The molecule has 0 amide bonds. The molecule has 1 heterocycles. The minimum atomic E-state index is -0.0529. The van der Waals surface area contributed by atoms with E-state index in [1.54, 1.807) is 6.08 Å². The van der Waals surface area contributed by atoms with Crippen molar-refractivity contribution in [3.8, 4) is 0 Å². The van der Waals surface area contributed by atoms with E-state index in [1.807, 2.05) is 13.0 Å². The van der Waals surface area contributed by atoms with E-state index in [9.17, 15) is 4.39 Å². The summed E-state index contributed by atoms with van der Waals surface area (Å²) >= 11 is 0. The molecule has 84 valence electrons. The predicted molar refractivity (Wildman–Crippen MR) is 63.4 cm³/mol. The third kappa shape index (κ3) is 4.00. The molecule has 0 aromatic rings. The van der Waals surface area contributed by atoms with Gasteiger partial charge in [-0.25, -0.2) is 4.39 Å². The second-order valence-corrected chi connectivity index (χ2v) is 4.06. The zero-order chi connectivity index (χ0) is 11.3. The average molecular weight is 209 g/mol. The molecule has 0 radical (unpaired) electrons. The molecule has 0 N–H and O–H groups in total. The Balaban J connectivity index is 2.64. The van der Waals surface area contributed by atoms with Gasteiger partial charge in [-0.15, -0.1) is 0 Å². The lowest BCUT2D eigenvalue weighted by molar-refractivity contribution is 0.360. The second-order valence-electron chi connectivity index (χ2n) is 4.06. The SMILES string of the molecule is CC/C(F)=C\C=C(/C)C1=CCN(C)CC1. The molecule has 0 aromatic carbocycles. The van der Waals surface area contributed by atoms with Crippen LogP contribution in [0.5, 0.6) is 0 Å². The van der Waals surface area contributed by atoms with Gasteiger partial charge in [0.15, 0.2) is 0 Å². The highest BCUT2D eigenvalue weighted by Gasteiger charge is 2.08. The van der Waals surface area contributed by atoms with Crippen LogP contribution in [0.2, 0.25) is 0 Å². The fourth-order valence-electron chi connectivity index (χ4n) is 1.57. The first-order chi connectivity index (χ1) is 7.13. The largest absolute Gasteiger partial charge is 0.302 e. The Hall–Kier alpha value is -0.890. The van der Waals surface area contributed by atoms with Gasteiger partial charge in [-0.3, -0.25) is 0 Å². The maximum Gasteiger partial charge on any atom is 0.0996 e. The Morgan fingerprint density at radius 3 is 2.80 bits per heavy atom. The third-order valence-electron chi connectivity index (χ3n) is 2.77. The maximum atomic E-state index is 12.9. The van der Waals surface area contributed by atoms with Crippen molar-refractivity contribution in [2.75, 3.05) is 20.1 Å².